The molecule has 2 amide bonds. The van der Waals surface area contributed by atoms with E-state index < -0.39 is 21.5 Å². The highest BCUT2D eigenvalue weighted by atomic mass is 32.2. The van der Waals surface area contributed by atoms with Gasteiger partial charge >= 0.3 is 6.03 Å². The van der Waals surface area contributed by atoms with Gasteiger partial charge in [-0.1, -0.05) is 30.3 Å². The molecule has 4 aromatic rings. The van der Waals surface area contributed by atoms with Crippen molar-refractivity contribution >= 4 is 27.5 Å². The molecule has 11 heteroatoms. The van der Waals surface area contributed by atoms with Crippen LogP contribution in [0.4, 0.5) is 10.5 Å². The van der Waals surface area contributed by atoms with Crippen molar-refractivity contribution in [2.45, 2.75) is 11.5 Å². The zero-order chi connectivity index (χ0) is 28.1. The molecule has 0 bridgehead atoms. The quantitative estimate of drug-likeness (QED) is 0.305. The van der Waals surface area contributed by atoms with Crippen LogP contribution >= 0.6 is 0 Å². The van der Waals surface area contributed by atoms with Gasteiger partial charge in [-0.2, -0.15) is 0 Å². The van der Waals surface area contributed by atoms with Gasteiger partial charge in [-0.25, -0.2) is 18.2 Å². The number of carbonyl (C=O) groups excluding carboxylic acids is 2. The van der Waals surface area contributed by atoms with Crippen LogP contribution in [0.1, 0.15) is 5.56 Å². The predicted octanol–water partition coefficient (Wildman–Crippen LogP) is 3.08. The zero-order valence-corrected chi connectivity index (χ0v) is 22.5. The number of nitrogens with one attached hydrogen (secondary N) is 1. The van der Waals surface area contributed by atoms with Gasteiger partial charge in [0, 0.05) is 43.0 Å². The first-order valence-electron chi connectivity index (χ1n) is 12.7. The lowest BCUT2D eigenvalue weighted by Crippen LogP contribution is -2.51. The number of rotatable bonds is 10. The maximum Gasteiger partial charge on any atom is 0.326 e. The number of nitrogens with two attached hydrogens (primary N) is 1. The van der Waals surface area contributed by atoms with Crippen LogP contribution in [0.3, 0.4) is 0 Å². The molecule has 0 spiro atoms. The normalized spacial score (nSPS) is 13.4. The smallest absolute Gasteiger partial charge is 0.326 e. The van der Waals surface area contributed by atoms with Crippen molar-refractivity contribution in [1.82, 2.24) is 14.9 Å². The number of sulfone groups is 1. The van der Waals surface area contributed by atoms with Gasteiger partial charge in [-0.15, -0.1) is 0 Å². The van der Waals surface area contributed by atoms with E-state index in [2.05, 4.69) is 27.3 Å². The number of benzene rings is 3. The van der Waals surface area contributed by atoms with Crippen LogP contribution in [0.2, 0.25) is 0 Å². The Labute approximate surface area is 232 Å². The summed E-state index contributed by atoms with van der Waals surface area (Å²) in [5, 5.41) is 2.98. The molecule has 3 aromatic carbocycles. The number of primary amides is 1. The Bertz CT molecular complexity index is 1580. The summed E-state index contributed by atoms with van der Waals surface area (Å²) in [6.07, 6.45) is 3.19. The number of carbonyl (C=O) groups is 2. The number of imidazole rings is 1. The molecule has 1 aliphatic rings. The Kier molecular flexibility index (Phi) is 7.83. The Morgan fingerprint density at radius 1 is 0.975 bits per heavy atom. The van der Waals surface area contributed by atoms with Crippen molar-refractivity contribution in [3.05, 3.63) is 97.0 Å². The van der Waals surface area contributed by atoms with Crippen LogP contribution < -0.4 is 20.7 Å². The molecule has 40 heavy (non-hydrogen) atoms. The van der Waals surface area contributed by atoms with E-state index >= 15 is 0 Å². The SMILES string of the molecule is NC(=O)CS(=O)(=O)c1ccc(COc2ccc(-c3cn(C(=O)NCC4CN(c5ccccc5)C4)cn3)cc2)cc1. The number of ether oxygens (including phenoxy) is 1. The third-order valence-corrected chi connectivity index (χ3v) is 8.26. The van der Waals surface area contributed by atoms with Crippen LogP contribution in [0.25, 0.3) is 11.3 Å². The fourth-order valence-corrected chi connectivity index (χ4v) is 5.50. The highest BCUT2D eigenvalue weighted by Gasteiger charge is 2.27. The number of hydrogen-bond acceptors (Lipinski definition) is 7. The predicted molar refractivity (Wildman–Crippen MR) is 151 cm³/mol. The first-order chi connectivity index (χ1) is 19.3. The molecule has 1 aromatic heterocycles. The molecule has 0 radical (unpaired) electrons. The summed E-state index contributed by atoms with van der Waals surface area (Å²) in [6.45, 7) is 2.66. The minimum Gasteiger partial charge on any atom is -0.489 e. The minimum atomic E-state index is -3.75. The number of nitrogens with zero attached hydrogens (tertiary/aromatic N) is 3. The first kappa shape index (κ1) is 26.9. The summed E-state index contributed by atoms with van der Waals surface area (Å²) in [4.78, 5) is 30.3. The van der Waals surface area contributed by atoms with Crippen LogP contribution in [0.5, 0.6) is 5.75 Å². The average Bonchev–Trinajstić information content (AvgIpc) is 3.42. The van der Waals surface area contributed by atoms with Gasteiger partial charge in [0.15, 0.2) is 9.84 Å². The first-order valence-corrected chi connectivity index (χ1v) is 14.4. The zero-order valence-electron chi connectivity index (χ0n) is 21.6. The molecular weight excluding hydrogens is 530 g/mol. The van der Waals surface area contributed by atoms with Crippen LogP contribution in [0.15, 0.2) is 96.3 Å². The molecule has 1 saturated heterocycles. The second-order valence-corrected chi connectivity index (χ2v) is 11.6. The molecule has 3 N–H and O–H groups in total. The van der Waals surface area contributed by atoms with E-state index in [0.29, 0.717) is 23.9 Å². The van der Waals surface area contributed by atoms with E-state index in [9.17, 15) is 18.0 Å². The Hall–Kier alpha value is -4.64. The van der Waals surface area contributed by atoms with Gasteiger partial charge in [-0.3, -0.25) is 9.36 Å². The molecule has 2 heterocycles. The molecule has 0 atom stereocenters. The monoisotopic (exact) mass is 559 g/mol. The van der Waals surface area contributed by atoms with Gasteiger partial charge in [0.25, 0.3) is 0 Å². The molecule has 0 aliphatic carbocycles. The number of para-hydroxylation sites is 1. The molecule has 5 rings (SSSR count). The minimum absolute atomic E-state index is 0.0327. The number of aromatic nitrogens is 2. The fraction of sp³-hybridized carbons (Fsp3) is 0.207. The van der Waals surface area contributed by atoms with Crippen molar-refractivity contribution in [3.63, 3.8) is 0 Å². The third-order valence-electron chi connectivity index (χ3n) is 6.61. The van der Waals surface area contributed by atoms with Crippen molar-refractivity contribution in [2.24, 2.45) is 11.7 Å². The summed E-state index contributed by atoms with van der Waals surface area (Å²) >= 11 is 0. The maximum atomic E-state index is 12.6. The van der Waals surface area contributed by atoms with Crippen molar-refractivity contribution < 1.29 is 22.7 Å². The lowest BCUT2D eigenvalue weighted by molar-refractivity contribution is -0.115. The Morgan fingerprint density at radius 3 is 2.35 bits per heavy atom. The average molecular weight is 560 g/mol. The van der Waals surface area contributed by atoms with Gasteiger partial charge in [0.1, 0.15) is 24.4 Å². The van der Waals surface area contributed by atoms with E-state index in [-0.39, 0.29) is 17.5 Å². The molecule has 0 unspecified atom stereocenters. The number of anilines is 1. The lowest BCUT2D eigenvalue weighted by Gasteiger charge is -2.41. The Morgan fingerprint density at radius 2 is 1.68 bits per heavy atom. The maximum absolute atomic E-state index is 12.6. The fourth-order valence-electron chi connectivity index (χ4n) is 4.41. The largest absolute Gasteiger partial charge is 0.489 e. The van der Waals surface area contributed by atoms with Crippen molar-refractivity contribution in [1.29, 1.82) is 0 Å². The molecule has 10 nitrogen and oxygen atoms in total. The van der Waals surface area contributed by atoms with Gasteiger partial charge < -0.3 is 20.7 Å². The summed E-state index contributed by atoms with van der Waals surface area (Å²) < 4.78 is 31.4. The molecule has 0 saturated carbocycles. The van der Waals surface area contributed by atoms with Crippen molar-refractivity contribution in [3.8, 4) is 17.0 Å². The second-order valence-electron chi connectivity index (χ2n) is 9.64. The van der Waals surface area contributed by atoms with E-state index in [1.54, 1.807) is 30.5 Å². The Balaban J connectivity index is 1.09. The lowest BCUT2D eigenvalue weighted by atomic mass is 9.99. The van der Waals surface area contributed by atoms with Crippen LogP contribution in [-0.4, -0.2) is 55.3 Å². The summed E-state index contributed by atoms with van der Waals surface area (Å²) in [7, 11) is -3.75. The van der Waals surface area contributed by atoms with Crippen LogP contribution in [-0.2, 0) is 21.2 Å². The van der Waals surface area contributed by atoms with Crippen molar-refractivity contribution in [2.75, 3.05) is 30.3 Å². The molecule has 206 valence electrons. The molecule has 1 aliphatic heterocycles. The van der Waals surface area contributed by atoms with Crippen LogP contribution in [0, 0.1) is 5.92 Å². The van der Waals surface area contributed by atoms with E-state index in [0.717, 1.165) is 24.2 Å². The number of amides is 2. The van der Waals surface area contributed by atoms with E-state index in [1.165, 1.54) is 28.7 Å². The highest BCUT2D eigenvalue weighted by molar-refractivity contribution is 7.92. The topological polar surface area (TPSA) is 137 Å². The van der Waals surface area contributed by atoms with E-state index in [4.69, 9.17) is 10.5 Å². The highest BCUT2D eigenvalue weighted by Crippen LogP contribution is 2.24. The summed E-state index contributed by atoms with van der Waals surface area (Å²) in [6, 6.07) is 23.4. The van der Waals surface area contributed by atoms with E-state index in [1.807, 2.05) is 30.3 Å². The van der Waals surface area contributed by atoms with Gasteiger partial charge in [0.05, 0.1) is 10.6 Å². The number of hydrogen-bond donors (Lipinski definition) is 2. The summed E-state index contributed by atoms with van der Waals surface area (Å²) in [5.74, 6) is -0.596. The van der Waals surface area contributed by atoms with Gasteiger partial charge in [-0.05, 0) is 54.1 Å². The molecular formula is C29H29N5O5S. The second kappa shape index (κ2) is 11.6. The molecule has 1 fully saturated rings. The summed E-state index contributed by atoms with van der Waals surface area (Å²) in [5.41, 5.74) is 8.47. The van der Waals surface area contributed by atoms with Gasteiger partial charge in [0.2, 0.25) is 5.91 Å². The standard InChI is InChI=1S/C29H29N5O5S/c30-28(35)19-40(37,38)26-12-6-21(7-13-26)18-39-25-10-8-23(9-11-25)27-17-34(20-32-27)29(36)31-14-22-15-33(16-22)24-4-2-1-3-5-24/h1-13,17,20,22H,14-16,18-19H2,(H2,30,35)(H,31,36). The third kappa shape index (κ3) is 6.49.